The van der Waals surface area contributed by atoms with Crippen molar-refractivity contribution in [2.45, 2.75) is 13.5 Å². The predicted octanol–water partition coefficient (Wildman–Crippen LogP) is -0.810. The quantitative estimate of drug-likeness (QED) is 0.342. The second kappa shape index (κ2) is 6.02. The molecule has 1 aromatic rings. The van der Waals surface area contributed by atoms with Gasteiger partial charge < -0.3 is 10.2 Å². The van der Waals surface area contributed by atoms with Crippen molar-refractivity contribution in [1.29, 1.82) is 0 Å². The lowest BCUT2D eigenvalue weighted by atomic mass is 10.3. The van der Waals surface area contributed by atoms with Gasteiger partial charge in [-0.05, 0) is 12.6 Å². The normalized spacial score (nSPS) is 10.5. The highest BCUT2D eigenvalue weighted by molar-refractivity contribution is 5.93. The van der Waals surface area contributed by atoms with Crippen LogP contribution in [0, 0.1) is 0 Å². The molecule has 7 nitrogen and oxygen atoms in total. The number of rotatable bonds is 6. The molecule has 0 unspecified atom stereocenters. The second-order valence-corrected chi connectivity index (χ2v) is 3.54. The Balaban J connectivity index is 2.64. The van der Waals surface area contributed by atoms with Crippen molar-refractivity contribution in [3.05, 3.63) is 23.7 Å². The van der Waals surface area contributed by atoms with Gasteiger partial charge in [0.2, 0.25) is 5.91 Å². The number of nitrogen functional groups attached to an aromatic ring is 1. The van der Waals surface area contributed by atoms with E-state index in [2.05, 4.69) is 0 Å². The highest BCUT2D eigenvalue weighted by atomic mass is 16.3. The van der Waals surface area contributed by atoms with E-state index in [1.807, 2.05) is 12.3 Å². The first-order valence-electron chi connectivity index (χ1n) is 5.15. The summed E-state index contributed by atoms with van der Waals surface area (Å²) < 4.78 is 5.19. The van der Waals surface area contributed by atoms with Crippen molar-refractivity contribution in [2.75, 3.05) is 13.1 Å². The Hall–Kier alpha value is -1.86. The third-order valence-electron chi connectivity index (χ3n) is 2.25. The van der Waals surface area contributed by atoms with Gasteiger partial charge in [0.25, 0.3) is 5.91 Å². The summed E-state index contributed by atoms with van der Waals surface area (Å²) in [6.07, 6.45) is 1.32. The summed E-state index contributed by atoms with van der Waals surface area (Å²) in [5.74, 6) is 4.75. The summed E-state index contributed by atoms with van der Waals surface area (Å²) in [7, 11) is 0. The van der Waals surface area contributed by atoms with Crippen LogP contribution >= 0.6 is 0 Å². The number of hydrazine groups is 1. The van der Waals surface area contributed by atoms with Gasteiger partial charge >= 0.3 is 0 Å². The number of furan rings is 1. The van der Waals surface area contributed by atoms with E-state index in [1.54, 1.807) is 11.0 Å². The van der Waals surface area contributed by atoms with Crippen molar-refractivity contribution < 1.29 is 14.0 Å². The fourth-order valence-corrected chi connectivity index (χ4v) is 1.39. The summed E-state index contributed by atoms with van der Waals surface area (Å²) in [6.45, 7) is 3.12. The zero-order valence-corrected chi connectivity index (χ0v) is 9.60. The number of nitrogens with two attached hydrogens (primary N) is 2. The third-order valence-corrected chi connectivity index (χ3v) is 2.25. The Kier molecular flexibility index (Phi) is 4.68. The SMILES string of the molecule is CCN(CC(N)=O)Cc1cc(C(=O)NN)co1. The number of hydrogen-bond acceptors (Lipinski definition) is 5. The molecule has 1 aromatic heterocycles. The fraction of sp³-hybridized carbons (Fsp3) is 0.400. The molecule has 0 bridgehead atoms. The average molecular weight is 240 g/mol. The van der Waals surface area contributed by atoms with Crippen LogP contribution in [0.4, 0.5) is 0 Å². The molecule has 2 amide bonds. The minimum atomic E-state index is -0.419. The van der Waals surface area contributed by atoms with E-state index in [9.17, 15) is 9.59 Å². The Morgan fingerprint density at radius 2 is 2.24 bits per heavy atom. The number of nitrogens with one attached hydrogen (secondary N) is 1. The number of hydrogen-bond donors (Lipinski definition) is 3. The van der Waals surface area contributed by atoms with Crippen LogP contribution in [0.1, 0.15) is 23.0 Å². The van der Waals surface area contributed by atoms with Crippen LogP contribution in [0.5, 0.6) is 0 Å². The van der Waals surface area contributed by atoms with Gasteiger partial charge in [-0.2, -0.15) is 0 Å². The molecule has 0 aliphatic rings. The third kappa shape index (κ3) is 3.89. The monoisotopic (exact) mass is 240 g/mol. The van der Waals surface area contributed by atoms with Crippen LogP contribution < -0.4 is 17.0 Å². The van der Waals surface area contributed by atoms with Gasteiger partial charge in [-0.15, -0.1) is 0 Å². The minimum Gasteiger partial charge on any atom is -0.467 e. The van der Waals surface area contributed by atoms with Gasteiger partial charge in [0.1, 0.15) is 12.0 Å². The van der Waals surface area contributed by atoms with Gasteiger partial charge in [0.05, 0.1) is 18.7 Å². The maximum Gasteiger partial charge on any atom is 0.268 e. The molecule has 1 rings (SSSR count). The number of carbonyl (C=O) groups is 2. The van der Waals surface area contributed by atoms with Gasteiger partial charge in [-0.25, -0.2) is 5.84 Å². The molecule has 0 saturated heterocycles. The van der Waals surface area contributed by atoms with Crippen LogP contribution in [-0.4, -0.2) is 29.8 Å². The number of carbonyl (C=O) groups excluding carboxylic acids is 2. The van der Waals surface area contributed by atoms with Crippen molar-refractivity contribution in [3.63, 3.8) is 0 Å². The molecular formula is C10H16N4O3. The number of nitrogens with zero attached hydrogens (tertiary/aromatic N) is 1. The average Bonchev–Trinajstić information content (AvgIpc) is 2.75. The largest absolute Gasteiger partial charge is 0.467 e. The van der Waals surface area contributed by atoms with Crippen LogP contribution in [-0.2, 0) is 11.3 Å². The van der Waals surface area contributed by atoms with Gasteiger partial charge in [0, 0.05) is 0 Å². The van der Waals surface area contributed by atoms with E-state index < -0.39 is 11.8 Å². The fourth-order valence-electron chi connectivity index (χ4n) is 1.39. The molecule has 5 N–H and O–H groups in total. The molecule has 1 heterocycles. The topological polar surface area (TPSA) is 115 Å². The van der Waals surface area contributed by atoms with Crippen LogP contribution in [0.2, 0.25) is 0 Å². The summed E-state index contributed by atoms with van der Waals surface area (Å²) >= 11 is 0. The van der Waals surface area contributed by atoms with E-state index in [0.717, 1.165) is 0 Å². The molecule has 0 aliphatic carbocycles. The summed E-state index contributed by atoms with van der Waals surface area (Å²) in [5, 5.41) is 0. The zero-order chi connectivity index (χ0) is 12.8. The maximum absolute atomic E-state index is 11.2. The van der Waals surface area contributed by atoms with Crippen molar-refractivity contribution >= 4 is 11.8 Å². The van der Waals surface area contributed by atoms with Crippen LogP contribution in [0.3, 0.4) is 0 Å². The lowest BCUT2D eigenvalue weighted by Crippen LogP contribution is -2.33. The second-order valence-electron chi connectivity index (χ2n) is 3.54. The lowest BCUT2D eigenvalue weighted by Gasteiger charge is -2.16. The van der Waals surface area contributed by atoms with Crippen molar-refractivity contribution in [1.82, 2.24) is 10.3 Å². The highest BCUT2D eigenvalue weighted by Crippen LogP contribution is 2.10. The van der Waals surface area contributed by atoms with Crippen molar-refractivity contribution in [2.24, 2.45) is 11.6 Å². The van der Waals surface area contributed by atoms with E-state index >= 15 is 0 Å². The minimum absolute atomic E-state index is 0.148. The Morgan fingerprint density at radius 3 is 2.76 bits per heavy atom. The molecule has 7 heteroatoms. The number of primary amides is 1. The maximum atomic E-state index is 11.2. The first-order valence-corrected chi connectivity index (χ1v) is 5.15. The molecule has 94 valence electrons. The smallest absolute Gasteiger partial charge is 0.268 e. The molecule has 0 aliphatic heterocycles. The van der Waals surface area contributed by atoms with E-state index in [4.69, 9.17) is 16.0 Å². The molecule has 0 aromatic carbocycles. The predicted molar refractivity (Wildman–Crippen MR) is 60.5 cm³/mol. The van der Waals surface area contributed by atoms with Gasteiger partial charge in [0.15, 0.2) is 0 Å². The van der Waals surface area contributed by atoms with Crippen LogP contribution in [0.25, 0.3) is 0 Å². The summed E-state index contributed by atoms with van der Waals surface area (Å²) in [6, 6.07) is 1.58. The van der Waals surface area contributed by atoms with E-state index in [0.29, 0.717) is 24.4 Å². The van der Waals surface area contributed by atoms with E-state index in [-0.39, 0.29) is 6.54 Å². The molecule has 0 saturated carbocycles. The molecule has 0 atom stereocenters. The zero-order valence-electron chi connectivity index (χ0n) is 9.60. The Bertz CT molecular complexity index is 402. The Labute approximate surface area is 98.7 Å². The van der Waals surface area contributed by atoms with Crippen LogP contribution in [0.15, 0.2) is 16.7 Å². The first kappa shape index (κ1) is 13.2. The molecule has 0 radical (unpaired) electrons. The van der Waals surface area contributed by atoms with Gasteiger partial charge in [-0.3, -0.25) is 19.9 Å². The van der Waals surface area contributed by atoms with Crippen molar-refractivity contribution in [3.8, 4) is 0 Å². The van der Waals surface area contributed by atoms with Gasteiger partial charge in [-0.1, -0.05) is 6.92 Å². The highest BCUT2D eigenvalue weighted by Gasteiger charge is 2.12. The molecule has 0 spiro atoms. The molecule has 17 heavy (non-hydrogen) atoms. The summed E-state index contributed by atoms with van der Waals surface area (Å²) in [4.78, 5) is 23.8. The molecular weight excluding hydrogens is 224 g/mol. The summed E-state index contributed by atoms with van der Waals surface area (Å²) in [5.41, 5.74) is 7.46. The van der Waals surface area contributed by atoms with E-state index in [1.165, 1.54) is 6.26 Å². The number of amides is 2. The Morgan fingerprint density at radius 1 is 1.53 bits per heavy atom. The number of likely N-dealkylation sites (N-methyl/N-ethyl adjacent to an activating group) is 1. The standard InChI is InChI=1S/C10H16N4O3/c1-2-14(5-9(11)15)4-8-3-7(6-17-8)10(16)13-12/h3,6H,2,4-5,12H2,1H3,(H2,11,15)(H,13,16). The molecule has 0 fully saturated rings. The first-order chi connectivity index (χ1) is 8.06. The lowest BCUT2D eigenvalue weighted by molar-refractivity contribution is -0.119.